The highest BCUT2D eigenvalue weighted by Gasteiger charge is 2.18. The lowest BCUT2D eigenvalue weighted by Gasteiger charge is -2.33. The highest BCUT2D eigenvalue weighted by molar-refractivity contribution is 4.78. The van der Waals surface area contributed by atoms with E-state index in [1.807, 2.05) is 0 Å². The van der Waals surface area contributed by atoms with Gasteiger partial charge in [0.1, 0.15) is 0 Å². The van der Waals surface area contributed by atoms with E-state index < -0.39 is 0 Å². The lowest BCUT2D eigenvalue weighted by molar-refractivity contribution is 0.0339. The number of nitrogens with zero attached hydrogens (tertiary/aromatic N) is 1. The molecule has 0 saturated carbocycles. The molecule has 4 heteroatoms. The van der Waals surface area contributed by atoms with Crippen LogP contribution in [0, 0.1) is 5.41 Å². The smallest absolute Gasteiger partial charge is 0.0701 e. The summed E-state index contributed by atoms with van der Waals surface area (Å²) < 4.78 is 11.4. The van der Waals surface area contributed by atoms with Gasteiger partial charge in [0, 0.05) is 25.2 Å². The SMILES string of the molecule is CC(C)NC1CCN(CCOCCOCCCCC(C)(C)C)CC1. The maximum atomic E-state index is 5.71. The van der Waals surface area contributed by atoms with Crippen LogP contribution in [0.5, 0.6) is 0 Å². The van der Waals surface area contributed by atoms with Crippen molar-refractivity contribution in [3.05, 3.63) is 0 Å². The van der Waals surface area contributed by atoms with E-state index in [0.29, 0.717) is 17.5 Å². The summed E-state index contributed by atoms with van der Waals surface area (Å²) in [6.45, 7) is 17.9. The largest absolute Gasteiger partial charge is 0.379 e. The molecule has 0 aromatic heterocycles. The van der Waals surface area contributed by atoms with Crippen LogP contribution in [-0.2, 0) is 9.47 Å². The molecule has 0 radical (unpaired) electrons. The summed E-state index contributed by atoms with van der Waals surface area (Å²) in [5.74, 6) is 0. The van der Waals surface area contributed by atoms with Gasteiger partial charge < -0.3 is 19.7 Å². The first kappa shape index (κ1) is 21.9. The lowest BCUT2D eigenvalue weighted by Crippen LogP contribution is -2.45. The van der Waals surface area contributed by atoms with Crippen molar-refractivity contribution in [1.82, 2.24) is 10.2 Å². The molecule has 1 N–H and O–H groups in total. The number of piperidine rings is 1. The van der Waals surface area contributed by atoms with E-state index >= 15 is 0 Å². The van der Waals surface area contributed by atoms with Crippen LogP contribution < -0.4 is 5.32 Å². The molecule has 1 aliphatic heterocycles. The minimum Gasteiger partial charge on any atom is -0.379 e. The highest BCUT2D eigenvalue weighted by Crippen LogP contribution is 2.21. The van der Waals surface area contributed by atoms with E-state index in [1.165, 1.54) is 38.8 Å². The zero-order valence-electron chi connectivity index (χ0n) is 16.9. The fourth-order valence-corrected chi connectivity index (χ4v) is 3.17. The molecular formula is C20H42N2O2. The Morgan fingerprint density at radius 2 is 1.58 bits per heavy atom. The molecule has 1 fully saturated rings. The third-order valence-electron chi connectivity index (χ3n) is 4.55. The van der Waals surface area contributed by atoms with E-state index in [-0.39, 0.29) is 0 Å². The van der Waals surface area contributed by atoms with Gasteiger partial charge in [0.2, 0.25) is 0 Å². The van der Waals surface area contributed by atoms with Crippen LogP contribution in [0.3, 0.4) is 0 Å². The molecule has 1 heterocycles. The Kier molecular flexibility index (Phi) is 11.2. The lowest BCUT2D eigenvalue weighted by atomic mass is 9.90. The van der Waals surface area contributed by atoms with Crippen LogP contribution in [0.2, 0.25) is 0 Å². The molecule has 0 spiro atoms. The van der Waals surface area contributed by atoms with E-state index in [0.717, 1.165) is 39.4 Å². The van der Waals surface area contributed by atoms with Gasteiger partial charge >= 0.3 is 0 Å². The third-order valence-corrected chi connectivity index (χ3v) is 4.55. The molecule has 1 rings (SSSR count). The van der Waals surface area contributed by atoms with Crippen molar-refractivity contribution in [2.45, 2.75) is 78.8 Å². The van der Waals surface area contributed by atoms with Gasteiger partial charge in [-0.25, -0.2) is 0 Å². The Morgan fingerprint density at radius 1 is 0.958 bits per heavy atom. The van der Waals surface area contributed by atoms with Crippen molar-refractivity contribution in [2.75, 3.05) is 46.1 Å². The predicted molar refractivity (Wildman–Crippen MR) is 103 cm³/mol. The molecule has 0 atom stereocenters. The van der Waals surface area contributed by atoms with E-state index in [2.05, 4.69) is 44.8 Å². The fraction of sp³-hybridized carbons (Fsp3) is 1.00. The Morgan fingerprint density at radius 3 is 2.17 bits per heavy atom. The minimum atomic E-state index is 0.447. The van der Waals surface area contributed by atoms with Gasteiger partial charge in [-0.1, -0.05) is 41.0 Å². The summed E-state index contributed by atoms with van der Waals surface area (Å²) in [6, 6.07) is 1.30. The van der Waals surface area contributed by atoms with E-state index in [9.17, 15) is 0 Å². The Labute approximate surface area is 150 Å². The summed E-state index contributed by atoms with van der Waals surface area (Å²) in [6.07, 6.45) is 6.21. The minimum absolute atomic E-state index is 0.447. The van der Waals surface area contributed by atoms with Crippen molar-refractivity contribution in [1.29, 1.82) is 0 Å². The highest BCUT2D eigenvalue weighted by atomic mass is 16.5. The summed E-state index contributed by atoms with van der Waals surface area (Å²) >= 11 is 0. The van der Waals surface area contributed by atoms with Crippen LogP contribution in [0.1, 0.15) is 66.7 Å². The summed E-state index contributed by atoms with van der Waals surface area (Å²) in [5.41, 5.74) is 0.447. The number of unbranched alkanes of at least 4 members (excludes halogenated alkanes) is 1. The standard InChI is InChI=1S/C20H42N2O2/c1-18(2)21-19-8-11-22(12-9-19)13-15-24-17-16-23-14-7-6-10-20(3,4)5/h18-19,21H,6-17H2,1-5H3. The van der Waals surface area contributed by atoms with Gasteiger partial charge in [-0.3, -0.25) is 0 Å². The van der Waals surface area contributed by atoms with Crippen molar-refractivity contribution in [2.24, 2.45) is 5.41 Å². The third kappa shape index (κ3) is 12.2. The van der Waals surface area contributed by atoms with Gasteiger partial charge in [-0.2, -0.15) is 0 Å². The van der Waals surface area contributed by atoms with Crippen molar-refractivity contribution >= 4 is 0 Å². The topological polar surface area (TPSA) is 33.7 Å². The average molecular weight is 343 g/mol. The first-order valence-corrected chi connectivity index (χ1v) is 10.0. The first-order valence-electron chi connectivity index (χ1n) is 10.0. The molecule has 0 bridgehead atoms. The number of likely N-dealkylation sites (tertiary alicyclic amines) is 1. The first-order chi connectivity index (χ1) is 11.4. The van der Waals surface area contributed by atoms with Crippen molar-refractivity contribution < 1.29 is 9.47 Å². The Balaban J connectivity index is 1.84. The molecule has 0 aromatic carbocycles. The molecule has 0 aliphatic carbocycles. The zero-order chi connectivity index (χ0) is 17.8. The van der Waals surface area contributed by atoms with Gasteiger partial charge in [0.15, 0.2) is 0 Å². The van der Waals surface area contributed by atoms with Crippen LogP contribution in [0.4, 0.5) is 0 Å². The van der Waals surface area contributed by atoms with Crippen LogP contribution in [0.25, 0.3) is 0 Å². The molecule has 1 aliphatic rings. The van der Waals surface area contributed by atoms with Crippen LogP contribution in [0.15, 0.2) is 0 Å². The van der Waals surface area contributed by atoms with Crippen molar-refractivity contribution in [3.8, 4) is 0 Å². The van der Waals surface area contributed by atoms with Gasteiger partial charge in [0.25, 0.3) is 0 Å². The number of hydrogen-bond donors (Lipinski definition) is 1. The number of nitrogens with one attached hydrogen (secondary N) is 1. The van der Waals surface area contributed by atoms with Gasteiger partial charge in [0.05, 0.1) is 19.8 Å². The maximum Gasteiger partial charge on any atom is 0.0701 e. The molecule has 4 nitrogen and oxygen atoms in total. The molecule has 1 saturated heterocycles. The number of hydrogen-bond acceptors (Lipinski definition) is 4. The molecule has 0 amide bonds. The quantitative estimate of drug-likeness (QED) is 0.548. The molecule has 0 unspecified atom stereocenters. The molecule has 0 aromatic rings. The van der Waals surface area contributed by atoms with Crippen LogP contribution in [-0.4, -0.2) is 63.0 Å². The Hall–Kier alpha value is -0.160. The molecule has 144 valence electrons. The summed E-state index contributed by atoms with van der Waals surface area (Å²) in [7, 11) is 0. The predicted octanol–water partition coefficient (Wildman–Crippen LogP) is 3.70. The number of ether oxygens (including phenoxy) is 2. The van der Waals surface area contributed by atoms with Crippen LogP contribution >= 0.6 is 0 Å². The van der Waals surface area contributed by atoms with Gasteiger partial charge in [-0.15, -0.1) is 0 Å². The van der Waals surface area contributed by atoms with E-state index in [1.54, 1.807) is 0 Å². The zero-order valence-corrected chi connectivity index (χ0v) is 16.9. The summed E-state index contributed by atoms with van der Waals surface area (Å²) in [5, 5.41) is 3.64. The normalized spacial score (nSPS) is 17.8. The average Bonchev–Trinajstić information content (AvgIpc) is 2.49. The monoisotopic (exact) mass is 342 g/mol. The molecular weight excluding hydrogens is 300 g/mol. The summed E-state index contributed by atoms with van der Waals surface area (Å²) in [4.78, 5) is 2.52. The maximum absolute atomic E-state index is 5.71. The van der Waals surface area contributed by atoms with Crippen molar-refractivity contribution in [3.63, 3.8) is 0 Å². The van der Waals surface area contributed by atoms with E-state index in [4.69, 9.17) is 9.47 Å². The number of rotatable bonds is 12. The second-order valence-corrected chi connectivity index (χ2v) is 8.68. The van der Waals surface area contributed by atoms with Gasteiger partial charge in [-0.05, 0) is 44.2 Å². The fourth-order valence-electron chi connectivity index (χ4n) is 3.17. The second-order valence-electron chi connectivity index (χ2n) is 8.68. The molecule has 24 heavy (non-hydrogen) atoms. The second kappa shape index (κ2) is 12.2. The Bertz CT molecular complexity index is 295.